The number of ether oxygens (including phenoxy) is 2. The Hall–Kier alpha value is -2.18. The van der Waals surface area contributed by atoms with Crippen molar-refractivity contribution in [1.29, 1.82) is 0 Å². The highest BCUT2D eigenvalue weighted by Gasteiger charge is 2.02. The van der Waals surface area contributed by atoms with Crippen LogP contribution < -0.4 is 10.6 Å². The maximum absolute atomic E-state index is 5.44. The number of para-hydroxylation sites is 1. The lowest BCUT2D eigenvalue weighted by Crippen LogP contribution is -2.39. The largest absolute Gasteiger partial charge is 0.382 e. The number of pyridine rings is 1. The van der Waals surface area contributed by atoms with E-state index >= 15 is 0 Å². The fraction of sp³-hybridized carbons (Fsp3) is 0.474. The van der Waals surface area contributed by atoms with Crippen LogP contribution in [-0.2, 0) is 15.9 Å². The third-order valence-electron chi connectivity index (χ3n) is 3.82. The van der Waals surface area contributed by atoms with E-state index in [2.05, 4.69) is 44.9 Å². The molecule has 6 nitrogen and oxygen atoms in total. The van der Waals surface area contributed by atoms with Gasteiger partial charge in [0, 0.05) is 45.4 Å². The monoisotopic (exact) mass is 344 g/mol. The highest BCUT2D eigenvalue weighted by Crippen LogP contribution is 2.15. The molecule has 0 aliphatic carbocycles. The molecule has 2 rings (SSSR count). The normalized spacial score (nSPS) is 11.7. The topological polar surface area (TPSA) is 67.8 Å². The zero-order valence-corrected chi connectivity index (χ0v) is 15.1. The average Bonchev–Trinajstić information content (AvgIpc) is 2.66. The molecule has 1 heterocycles. The van der Waals surface area contributed by atoms with Gasteiger partial charge in [-0.1, -0.05) is 24.3 Å². The van der Waals surface area contributed by atoms with Gasteiger partial charge in [-0.25, -0.2) is 0 Å². The molecule has 0 saturated heterocycles. The number of fused-ring (bicyclic) bond motifs is 1. The molecular formula is C19H28N4O2. The van der Waals surface area contributed by atoms with Crippen LogP contribution in [0.5, 0.6) is 0 Å². The number of benzene rings is 1. The van der Waals surface area contributed by atoms with Gasteiger partial charge in [0.15, 0.2) is 5.96 Å². The van der Waals surface area contributed by atoms with Crippen molar-refractivity contribution in [3.05, 3.63) is 42.1 Å². The Balaban J connectivity index is 1.69. The van der Waals surface area contributed by atoms with E-state index in [9.17, 15) is 0 Å². The van der Waals surface area contributed by atoms with E-state index in [0.29, 0.717) is 13.2 Å². The van der Waals surface area contributed by atoms with Gasteiger partial charge < -0.3 is 20.1 Å². The van der Waals surface area contributed by atoms with Gasteiger partial charge in [0.1, 0.15) is 0 Å². The molecule has 6 heteroatoms. The molecule has 25 heavy (non-hydrogen) atoms. The summed E-state index contributed by atoms with van der Waals surface area (Å²) in [5, 5.41) is 7.82. The second-order valence-electron chi connectivity index (χ2n) is 5.63. The number of nitrogens with one attached hydrogen (secondary N) is 2. The highest BCUT2D eigenvalue weighted by atomic mass is 16.5. The lowest BCUT2D eigenvalue weighted by atomic mass is 10.1. The van der Waals surface area contributed by atoms with Gasteiger partial charge in [-0.2, -0.15) is 0 Å². The third-order valence-corrected chi connectivity index (χ3v) is 3.82. The van der Waals surface area contributed by atoms with Crippen LogP contribution in [0, 0.1) is 0 Å². The molecule has 0 saturated carbocycles. The minimum Gasteiger partial charge on any atom is -0.382 e. The molecule has 0 spiro atoms. The number of nitrogens with zero attached hydrogens (tertiary/aromatic N) is 2. The van der Waals surface area contributed by atoms with Crippen LogP contribution >= 0.6 is 0 Å². The van der Waals surface area contributed by atoms with Gasteiger partial charge in [-0.15, -0.1) is 0 Å². The van der Waals surface area contributed by atoms with Gasteiger partial charge in [-0.3, -0.25) is 9.98 Å². The summed E-state index contributed by atoms with van der Waals surface area (Å²) in [6, 6.07) is 10.4. The minimum atomic E-state index is 0.639. The van der Waals surface area contributed by atoms with Crippen LogP contribution in [0.1, 0.15) is 12.0 Å². The Morgan fingerprint density at radius 1 is 1.08 bits per heavy atom. The smallest absolute Gasteiger partial charge is 0.190 e. The summed E-state index contributed by atoms with van der Waals surface area (Å²) in [5.41, 5.74) is 2.32. The molecule has 136 valence electrons. The minimum absolute atomic E-state index is 0.639. The molecule has 1 aromatic heterocycles. The number of methoxy groups -OCH3 is 1. The van der Waals surface area contributed by atoms with E-state index in [0.717, 1.165) is 44.0 Å². The predicted molar refractivity (Wildman–Crippen MR) is 102 cm³/mol. The van der Waals surface area contributed by atoms with Crippen LogP contribution in [0.4, 0.5) is 0 Å². The highest BCUT2D eigenvalue weighted by molar-refractivity contribution is 5.82. The van der Waals surface area contributed by atoms with Crippen molar-refractivity contribution >= 4 is 16.9 Å². The maximum Gasteiger partial charge on any atom is 0.190 e. The fourth-order valence-corrected chi connectivity index (χ4v) is 2.53. The summed E-state index contributed by atoms with van der Waals surface area (Å²) in [5.74, 6) is 0.810. The SMILES string of the molecule is CN=C(NCCCOCCOC)NCCc1cccc2cccnc12. The van der Waals surface area contributed by atoms with Gasteiger partial charge in [0.05, 0.1) is 18.7 Å². The molecule has 1 aromatic carbocycles. The second kappa shape index (κ2) is 11.4. The summed E-state index contributed by atoms with van der Waals surface area (Å²) in [6.45, 7) is 3.62. The van der Waals surface area contributed by atoms with Crippen LogP contribution in [0.2, 0.25) is 0 Å². The van der Waals surface area contributed by atoms with Crippen LogP contribution in [0.25, 0.3) is 10.9 Å². The number of rotatable bonds is 10. The molecule has 0 atom stereocenters. The van der Waals surface area contributed by atoms with Crippen molar-refractivity contribution in [2.75, 3.05) is 47.1 Å². The summed E-state index contributed by atoms with van der Waals surface area (Å²) < 4.78 is 10.4. The fourth-order valence-electron chi connectivity index (χ4n) is 2.53. The first-order valence-electron chi connectivity index (χ1n) is 8.69. The summed E-state index contributed by atoms with van der Waals surface area (Å²) >= 11 is 0. The molecule has 0 fully saturated rings. The lowest BCUT2D eigenvalue weighted by molar-refractivity contribution is 0.0698. The van der Waals surface area contributed by atoms with Gasteiger partial charge in [0.25, 0.3) is 0 Å². The van der Waals surface area contributed by atoms with E-state index in [1.54, 1.807) is 14.2 Å². The first-order chi connectivity index (χ1) is 12.3. The number of guanidine groups is 1. The zero-order valence-electron chi connectivity index (χ0n) is 15.1. The molecule has 0 bridgehead atoms. The standard InChI is InChI=1S/C19H28N4O2/c1-20-19(22-11-5-13-25-15-14-24-2)23-12-9-17-7-3-6-16-8-4-10-21-18(16)17/h3-4,6-8,10H,5,9,11-15H2,1-2H3,(H2,20,22,23). The molecule has 0 radical (unpaired) electrons. The average molecular weight is 344 g/mol. The lowest BCUT2D eigenvalue weighted by Gasteiger charge is -2.12. The Kier molecular flexibility index (Phi) is 8.72. The van der Waals surface area contributed by atoms with Gasteiger partial charge in [0.2, 0.25) is 0 Å². The summed E-state index contributed by atoms with van der Waals surface area (Å²) in [4.78, 5) is 8.74. The number of aromatic nitrogens is 1. The summed E-state index contributed by atoms with van der Waals surface area (Å²) in [7, 11) is 3.46. The van der Waals surface area contributed by atoms with Gasteiger partial charge in [-0.05, 0) is 24.5 Å². The third kappa shape index (κ3) is 6.68. The molecule has 0 amide bonds. The van der Waals surface area contributed by atoms with Crippen molar-refractivity contribution in [3.8, 4) is 0 Å². The van der Waals surface area contributed by atoms with E-state index in [1.165, 1.54) is 10.9 Å². The first-order valence-corrected chi connectivity index (χ1v) is 8.69. The quantitative estimate of drug-likeness (QED) is 0.392. The van der Waals surface area contributed by atoms with Crippen molar-refractivity contribution in [2.24, 2.45) is 4.99 Å². The molecule has 0 unspecified atom stereocenters. The Labute approximate surface area is 149 Å². The second-order valence-corrected chi connectivity index (χ2v) is 5.63. The number of hydrogen-bond donors (Lipinski definition) is 2. The Bertz CT molecular complexity index is 655. The van der Waals surface area contributed by atoms with Gasteiger partial charge >= 0.3 is 0 Å². The van der Waals surface area contributed by atoms with Crippen molar-refractivity contribution in [1.82, 2.24) is 15.6 Å². The van der Waals surface area contributed by atoms with E-state index in [1.807, 2.05) is 12.3 Å². The Morgan fingerprint density at radius 3 is 2.76 bits per heavy atom. The number of aliphatic imine (C=N–C) groups is 1. The first kappa shape index (κ1) is 19.1. The van der Waals surface area contributed by atoms with Crippen molar-refractivity contribution < 1.29 is 9.47 Å². The zero-order chi connectivity index (χ0) is 17.7. The maximum atomic E-state index is 5.44. The van der Waals surface area contributed by atoms with E-state index in [-0.39, 0.29) is 0 Å². The van der Waals surface area contributed by atoms with Crippen molar-refractivity contribution in [2.45, 2.75) is 12.8 Å². The Morgan fingerprint density at radius 2 is 1.92 bits per heavy atom. The predicted octanol–water partition coefficient (Wildman–Crippen LogP) is 2.00. The number of hydrogen-bond acceptors (Lipinski definition) is 4. The van der Waals surface area contributed by atoms with E-state index in [4.69, 9.17) is 9.47 Å². The van der Waals surface area contributed by atoms with E-state index < -0.39 is 0 Å². The molecule has 2 N–H and O–H groups in total. The van der Waals surface area contributed by atoms with Crippen LogP contribution in [0.15, 0.2) is 41.5 Å². The van der Waals surface area contributed by atoms with Crippen LogP contribution in [-0.4, -0.2) is 58.0 Å². The molecule has 0 aliphatic rings. The molecule has 2 aromatic rings. The van der Waals surface area contributed by atoms with Crippen molar-refractivity contribution in [3.63, 3.8) is 0 Å². The molecule has 0 aliphatic heterocycles. The summed E-state index contributed by atoms with van der Waals surface area (Å²) in [6.07, 6.45) is 3.67. The van der Waals surface area contributed by atoms with Crippen LogP contribution in [0.3, 0.4) is 0 Å². The molecular weight excluding hydrogens is 316 g/mol.